The quantitative estimate of drug-likeness (QED) is 0.857. The topological polar surface area (TPSA) is 83.2 Å². The van der Waals surface area contributed by atoms with Gasteiger partial charge in [0.05, 0.1) is 0 Å². The molecule has 116 valence electrons. The Balaban J connectivity index is 1.70. The summed E-state index contributed by atoms with van der Waals surface area (Å²) >= 11 is 0. The molecule has 0 spiro atoms. The highest BCUT2D eigenvalue weighted by molar-refractivity contribution is 5.42. The molecule has 7 nitrogen and oxygen atoms in total. The fourth-order valence-electron chi connectivity index (χ4n) is 3.11. The van der Waals surface area contributed by atoms with E-state index in [1.165, 1.54) is 12.8 Å². The molecule has 7 heteroatoms. The van der Waals surface area contributed by atoms with E-state index >= 15 is 0 Å². The highest BCUT2D eigenvalue weighted by Gasteiger charge is 2.24. The van der Waals surface area contributed by atoms with Crippen LogP contribution in [0.4, 0.5) is 17.8 Å². The Morgan fingerprint density at radius 2 is 1.90 bits per heavy atom. The van der Waals surface area contributed by atoms with Crippen molar-refractivity contribution in [2.75, 3.05) is 42.6 Å². The first kappa shape index (κ1) is 14.3. The number of aromatic nitrogens is 3. The fraction of sp³-hybridized carbons (Fsp3) is 0.786. The lowest BCUT2D eigenvalue weighted by molar-refractivity contribution is 0.190. The van der Waals surface area contributed by atoms with Crippen LogP contribution in [0.15, 0.2) is 0 Å². The Kier molecular flexibility index (Phi) is 4.10. The molecular formula is C14H25N7. The Labute approximate surface area is 126 Å². The molecule has 21 heavy (non-hydrogen) atoms. The summed E-state index contributed by atoms with van der Waals surface area (Å²) in [4.78, 5) is 17.6. The molecule has 1 aromatic heterocycles. The summed E-state index contributed by atoms with van der Waals surface area (Å²) in [6.45, 7) is 5.37. The summed E-state index contributed by atoms with van der Waals surface area (Å²) in [5, 5.41) is 3.44. The summed E-state index contributed by atoms with van der Waals surface area (Å²) in [5.41, 5.74) is 5.84. The summed E-state index contributed by atoms with van der Waals surface area (Å²) in [6.07, 6.45) is 4.59. The van der Waals surface area contributed by atoms with Crippen molar-refractivity contribution in [3.63, 3.8) is 0 Å². The molecule has 3 heterocycles. The van der Waals surface area contributed by atoms with Gasteiger partial charge in [0.1, 0.15) is 0 Å². The Morgan fingerprint density at radius 3 is 2.62 bits per heavy atom. The zero-order valence-corrected chi connectivity index (χ0v) is 12.9. The van der Waals surface area contributed by atoms with Crippen LogP contribution < -0.4 is 16.0 Å². The van der Waals surface area contributed by atoms with Crippen LogP contribution in [-0.2, 0) is 0 Å². The Morgan fingerprint density at radius 1 is 1.14 bits per heavy atom. The molecule has 2 saturated heterocycles. The molecule has 2 atom stereocenters. The molecule has 0 bridgehead atoms. The number of nitrogens with two attached hydrogens (primary N) is 1. The number of hydrogen-bond donors (Lipinski definition) is 2. The molecule has 2 unspecified atom stereocenters. The van der Waals surface area contributed by atoms with Crippen molar-refractivity contribution in [1.82, 2.24) is 19.9 Å². The van der Waals surface area contributed by atoms with Crippen molar-refractivity contribution in [1.29, 1.82) is 0 Å². The monoisotopic (exact) mass is 291 g/mol. The lowest BCUT2D eigenvalue weighted by Gasteiger charge is -2.35. The number of anilines is 3. The smallest absolute Gasteiger partial charge is 0.231 e. The normalized spacial score (nSPS) is 27.0. The van der Waals surface area contributed by atoms with Gasteiger partial charge in [0.15, 0.2) is 0 Å². The van der Waals surface area contributed by atoms with Crippen LogP contribution in [-0.4, -0.2) is 58.6 Å². The standard InChI is InChI=1S/C14H25N7/c1-10-9-11(5-8-20(10)2)16-13-17-12(15)18-14(19-13)21-6-3-4-7-21/h10-11H,3-9H2,1-2H3,(H3,15,16,17,18,19). The molecule has 1 aromatic rings. The van der Waals surface area contributed by atoms with Crippen molar-refractivity contribution in [3.05, 3.63) is 0 Å². The average molecular weight is 291 g/mol. The highest BCUT2D eigenvalue weighted by atomic mass is 15.3. The third-order valence-electron chi connectivity index (χ3n) is 4.57. The number of rotatable bonds is 3. The number of nitrogens with zero attached hydrogens (tertiary/aromatic N) is 5. The van der Waals surface area contributed by atoms with Crippen LogP contribution in [0.3, 0.4) is 0 Å². The molecule has 2 aliphatic rings. The largest absolute Gasteiger partial charge is 0.368 e. The minimum Gasteiger partial charge on any atom is -0.368 e. The molecule has 0 aliphatic carbocycles. The van der Waals surface area contributed by atoms with Gasteiger partial charge in [-0.1, -0.05) is 0 Å². The maximum atomic E-state index is 5.84. The molecule has 2 fully saturated rings. The van der Waals surface area contributed by atoms with Gasteiger partial charge in [0, 0.05) is 31.7 Å². The van der Waals surface area contributed by atoms with E-state index in [-0.39, 0.29) is 0 Å². The zero-order chi connectivity index (χ0) is 14.8. The highest BCUT2D eigenvalue weighted by Crippen LogP contribution is 2.21. The number of hydrogen-bond acceptors (Lipinski definition) is 7. The van der Waals surface area contributed by atoms with Crippen molar-refractivity contribution >= 4 is 17.8 Å². The molecule has 3 N–H and O–H groups in total. The van der Waals surface area contributed by atoms with Crippen LogP contribution in [0.1, 0.15) is 32.6 Å². The maximum Gasteiger partial charge on any atom is 0.231 e. The molecule has 0 radical (unpaired) electrons. The van der Waals surface area contributed by atoms with Gasteiger partial charge in [-0.2, -0.15) is 15.0 Å². The van der Waals surface area contributed by atoms with E-state index in [1.54, 1.807) is 0 Å². The molecule has 0 amide bonds. The van der Waals surface area contributed by atoms with E-state index in [2.05, 4.69) is 44.0 Å². The minimum absolute atomic E-state index is 0.301. The third-order valence-corrected chi connectivity index (χ3v) is 4.57. The maximum absolute atomic E-state index is 5.84. The van der Waals surface area contributed by atoms with E-state index in [1.807, 2.05) is 0 Å². The van der Waals surface area contributed by atoms with E-state index in [0.717, 1.165) is 32.5 Å². The van der Waals surface area contributed by atoms with Gasteiger partial charge in [-0.3, -0.25) is 0 Å². The average Bonchev–Trinajstić information content (AvgIpc) is 2.96. The zero-order valence-electron chi connectivity index (χ0n) is 12.9. The lowest BCUT2D eigenvalue weighted by atomic mass is 9.99. The van der Waals surface area contributed by atoms with Crippen molar-refractivity contribution in [3.8, 4) is 0 Å². The van der Waals surface area contributed by atoms with Gasteiger partial charge in [-0.15, -0.1) is 0 Å². The van der Waals surface area contributed by atoms with Gasteiger partial charge in [0.25, 0.3) is 0 Å². The molecular weight excluding hydrogens is 266 g/mol. The molecule has 0 aromatic carbocycles. The Bertz CT molecular complexity index is 486. The van der Waals surface area contributed by atoms with Gasteiger partial charge < -0.3 is 20.9 Å². The second-order valence-electron chi connectivity index (χ2n) is 6.21. The van der Waals surface area contributed by atoms with Crippen LogP contribution in [0, 0.1) is 0 Å². The van der Waals surface area contributed by atoms with Crippen LogP contribution in [0.2, 0.25) is 0 Å². The predicted octanol–water partition coefficient (Wildman–Crippen LogP) is 0.949. The summed E-state index contributed by atoms with van der Waals surface area (Å²) in [6, 6.07) is 0.984. The number of piperidine rings is 1. The Hall–Kier alpha value is -1.63. The van der Waals surface area contributed by atoms with Crippen molar-refractivity contribution < 1.29 is 0 Å². The van der Waals surface area contributed by atoms with Crippen molar-refractivity contribution in [2.24, 2.45) is 0 Å². The SMILES string of the molecule is CC1CC(Nc2nc(N)nc(N3CCCC3)n2)CCN1C. The lowest BCUT2D eigenvalue weighted by Crippen LogP contribution is -2.43. The van der Waals surface area contributed by atoms with E-state index in [9.17, 15) is 0 Å². The van der Waals surface area contributed by atoms with Gasteiger partial charge in [-0.05, 0) is 39.7 Å². The van der Waals surface area contributed by atoms with Crippen LogP contribution in [0.5, 0.6) is 0 Å². The second-order valence-corrected chi connectivity index (χ2v) is 6.21. The predicted molar refractivity (Wildman–Crippen MR) is 84.4 cm³/mol. The molecule has 3 rings (SSSR count). The summed E-state index contributed by atoms with van der Waals surface area (Å²) in [5.74, 6) is 1.63. The fourth-order valence-corrected chi connectivity index (χ4v) is 3.11. The number of nitrogens with one attached hydrogen (secondary N) is 1. The summed E-state index contributed by atoms with van der Waals surface area (Å²) in [7, 11) is 2.17. The first-order valence-electron chi connectivity index (χ1n) is 7.85. The third kappa shape index (κ3) is 3.34. The first-order valence-corrected chi connectivity index (χ1v) is 7.85. The summed E-state index contributed by atoms with van der Waals surface area (Å²) < 4.78 is 0. The second kappa shape index (κ2) is 6.01. The minimum atomic E-state index is 0.301. The number of likely N-dealkylation sites (tertiary alicyclic amines) is 1. The molecule has 2 aliphatic heterocycles. The first-order chi connectivity index (χ1) is 10.1. The van der Waals surface area contributed by atoms with Crippen LogP contribution in [0.25, 0.3) is 0 Å². The van der Waals surface area contributed by atoms with Crippen LogP contribution >= 0.6 is 0 Å². The van der Waals surface area contributed by atoms with Gasteiger partial charge >= 0.3 is 0 Å². The van der Waals surface area contributed by atoms with E-state index in [4.69, 9.17) is 5.73 Å². The van der Waals surface area contributed by atoms with E-state index < -0.39 is 0 Å². The van der Waals surface area contributed by atoms with Gasteiger partial charge in [0.2, 0.25) is 17.8 Å². The van der Waals surface area contributed by atoms with Crippen molar-refractivity contribution in [2.45, 2.75) is 44.7 Å². The molecule has 0 saturated carbocycles. The van der Waals surface area contributed by atoms with Gasteiger partial charge in [-0.25, -0.2) is 0 Å². The van der Waals surface area contributed by atoms with E-state index in [0.29, 0.717) is 29.9 Å². The number of nitrogen functional groups attached to an aromatic ring is 1.